The van der Waals surface area contributed by atoms with E-state index in [1.54, 1.807) is 7.11 Å². The first-order chi connectivity index (χ1) is 16.0. The molecule has 3 aliphatic heterocycles. The van der Waals surface area contributed by atoms with Crippen LogP contribution < -0.4 is 27.2 Å². The molecule has 1 amide bonds. The van der Waals surface area contributed by atoms with Crippen molar-refractivity contribution in [3.05, 3.63) is 59.7 Å². The molecule has 0 radical (unpaired) electrons. The van der Waals surface area contributed by atoms with Gasteiger partial charge in [0.2, 0.25) is 5.91 Å². The van der Waals surface area contributed by atoms with Crippen molar-refractivity contribution in [2.45, 2.75) is 50.5 Å². The molecule has 0 bridgehead atoms. The number of rotatable bonds is 4. The summed E-state index contributed by atoms with van der Waals surface area (Å²) in [6.45, 7) is 7.79. The molecular weight excluding hydrogens is 448 g/mol. The van der Waals surface area contributed by atoms with Crippen LogP contribution in [0.3, 0.4) is 0 Å². The SMILES string of the molecule is COc1cccc2c1OCC[C@]21C[NH2+]CC1C(=O)N1CC[C@@H](c2ccccc2)C[C@H]1C(C)C.[Cl-]. The fraction of sp³-hybridized carbons (Fsp3) is 0.536. The highest BCUT2D eigenvalue weighted by atomic mass is 35.5. The Morgan fingerprint density at radius 3 is 2.71 bits per heavy atom. The number of amides is 1. The van der Waals surface area contributed by atoms with Gasteiger partial charge in [0, 0.05) is 18.2 Å². The van der Waals surface area contributed by atoms with E-state index in [-0.39, 0.29) is 29.8 Å². The third-order valence-corrected chi connectivity index (χ3v) is 8.37. The van der Waals surface area contributed by atoms with Crippen LogP contribution in [-0.2, 0) is 10.2 Å². The predicted octanol–water partition coefficient (Wildman–Crippen LogP) is 0.344. The number of piperidine rings is 1. The standard InChI is InChI=1S/C28H36N2O3.ClH/c1-19(2)24-16-21(20-8-5-4-6-9-20)12-14-30(24)27(31)23-17-29-18-28(23)13-15-33-26-22(28)10-7-11-25(26)32-3;/h4-11,19,21,23-24,29H,12-18H2,1-3H3;1H/t21-,23?,24+,28+;/m1./s1. The van der Waals surface area contributed by atoms with Gasteiger partial charge in [0.05, 0.1) is 32.2 Å². The highest BCUT2D eigenvalue weighted by Crippen LogP contribution is 2.49. The molecule has 3 heterocycles. The predicted molar refractivity (Wildman–Crippen MR) is 129 cm³/mol. The second-order valence-corrected chi connectivity index (χ2v) is 10.3. The summed E-state index contributed by atoms with van der Waals surface area (Å²) < 4.78 is 11.7. The van der Waals surface area contributed by atoms with Crippen molar-refractivity contribution < 1.29 is 32.0 Å². The van der Waals surface area contributed by atoms with Gasteiger partial charge in [-0.2, -0.15) is 0 Å². The van der Waals surface area contributed by atoms with Gasteiger partial charge in [-0.05, 0) is 42.7 Å². The van der Waals surface area contributed by atoms with Crippen molar-refractivity contribution in [3.8, 4) is 11.5 Å². The van der Waals surface area contributed by atoms with E-state index in [0.717, 1.165) is 56.0 Å². The molecule has 6 heteroatoms. The highest BCUT2D eigenvalue weighted by molar-refractivity contribution is 5.82. The topological polar surface area (TPSA) is 55.4 Å². The second-order valence-electron chi connectivity index (χ2n) is 10.3. The third kappa shape index (κ3) is 4.18. The molecule has 5 nitrogen and oxygen atoms in total. The van der Waals surface area contributed by atoms with E-state index in [0.29, 0.717) is 24.3 Å². The zero-order chi connectivity index (χ0) is 23.0. The first-order valence-corrected chi connectivity index (χ1v) is 12.5. The maximum absolute atomic E-state index is 14.2. The molecule has 2 aromatic carbocycles. The summed E-state index contributed by atoms with van der Waals surface area (Å²) in [4.78, 5) is 16.5. The van der Waals surface area contributed by atoms with E-state index < -0.39 is 0 Å². The zero-order valence-electron chi connectivity index (χ0n) is 20.5. The number of methoxy groups -OCH3 is 1. The molecular formula is C28H37ClN2O3. The number of nitrogens with zero attached hydrogens (tertiary/aromatic N) is 1. The Hall–Kier alpha value is -2.24. The molecule has 2 N–H and O–H groups in total. The van der Waals surface area contributed by atoms with Gasteiger partial charge in [0.15, 0.2) is 11.5 Å². The normalized spacial score (nSPS) is 28.2. The Morgan fingerprint density at radius 2 is 1.97 bits per heavy atom. The number of benzene rings is 2. The molecule has 0 aromatic heterocycles. The quantitative estimate of drug-likeness (QED) is 0.681. The number of likely N-dealkylation sites (tertiary alicyclic amines) is 1. The van der Waals surface area contributed by atoms with Crippen LogP contribution in [0.2, 0.25) is 0 Å². The minimum absolute atomic E-state index is 0. The Balaban J connectivity index is 0.00000274. The van der Waals surface area contributed by atoms with Crippen LogP contribution in [0.5, 0.6) is 11.5 Å². The van der Waals surface area contributed by atoms with E-state index in [4.69, 9.17) is 9.47 Å². The fourth-order valence-corrected chi connectivity index (χ4v) is 6.61. The molecule has 0 saturated carbocycles. The Morgan fingerprint density at radius 1 is 1.18 bits per heavy atom. The molecule has 34 heavy (non-hydrogen) atoms. The van der Waals surface area contributed by atoms with Gasteiger partial charge in [-0.1, -0.05) is 56.3 Å². The first-order valence-electron chi connectivity index (χ1n) is 12.5. The lowest BCUT2D eigenvalue weighted by molar-refractivity contribution is -0.640. The second kappa shape index (κ2) is 10.2. The van der Waals surface area contributed by atoms with Crippen molar-refractivity contribution in [1.82, 2.24) is 4.90 Å². The van der Waals surface area contributed by atoms with E-state index in [9.17, 15) is 4.79 Å². The zero-order valence-corrected chi connectivity index (χ0v) is 21.3. The fourth-order valence-electron chi connectivity index (χ4n) is 6.61. The summed E-state index contributed by atoms with van der Waals surface area (Å²) in [6, 6.07) is 17.3. The number of hydrogen-bond donors (Lipinski definition) is 1. The monoisotopic (exact) mass is 484 g/mol. The van der Waals surface area contributed by atoms with Crippen LogP contribution in [0.1, 0.15) is 50.2 Å². The number of ether oxygens (including phenoxy) is 2. The van der Waals surface area contributed by atoms with Crippen molar-refractivity contribution in [2.24, 2.45) is 11.8 Å². The number of carbonyl (C=O) groups excluding carboxylic acids is 1. The van der Waals surface area contributed by atoms with Crippen molar-refractivity contribution in [2.75, 3.05) is 33.4 Å². The van der Waals surface area contributed by atoms with Gasteiger partial charge in [0.25, 0.3) is 0 Å². The number of quaternary nitrogens is 1. The first kappa shape index (κ1) is 24.9. The third-order valence-electron chi connectivity index (χ3n) is 8.37. The maximum atomic E-state index is 14.2. The molecule has 1 spiro atoms. The van der Waals surface area contributed by atoms with Crippen LogP contribution in [0, 0.1) is 11.8 Å². The molecule has 184 valence electrons. The minimum atomic E-state index is -0.184. The summed E-state index contributed by atoms with van der Waals surface area (Å²) in [5, 5.41) is 2.33. The molecule has 2 aromatic rings. The summed E-state index contributed by atoms with van der Waals surface area (Å²) in [6.07, 6.45) is 2.97. The number of para-hydroxylation sites is 1. The molecule has 5 rings (SSSR count). The Bertz CT molecular complexity index is 998. The number of fused-ring (bicyclic) bond motifs is 2. The van der Waals surface area contributed by atoms with E-state index in [2.05, 4.69) is 60.5 Å². The lowest BCUT2D eigenvalue weighted by Crippen LogP contribution is -3.00. The summed E-state index contributed by atoms with van der Waals surface area (Å²) in [5.41, 5.74) is 2.38. The lowest BCUT2D eigenvalue weighted by atomic mass is 9.68. The Labute approximate surface area is 209 Å². The van der Waals surface area contributed by atoms with Gasteiger partial charge < -0.3 is 32.1 Å². The lowest BCUT2D eigenvalue weighted by Gasteiger charge is -2.45. The average Bonchev–Trinajstić information content (AvgIpc) is 3.27. The van der Waals surface area contributed by atoms with E-state index in [1.165, 1.54) is 5.56 Å². The van der Waals surface area contributed by atoms with Gasteiger partial charge in [0.1, 0.15) is 5.92 Å². The van der Waals surface area contributed by atoms with E-state index in [1.807, 2.05) is 12.1 Å². The maximum Gasteiger partial charge on any atom is 0.232 e. The molecule has 4 atom stereocenters. The van der Waals surface area contributed by atoms with Crippen LogP contribution in [0.4, 0.5) is 0 Å². The summed E-state index contributed by atoms with van der Waals surface area (Å²) in [7, 11) is 1.69. The summed E-state index contributed by atoms with van der Waals surface area (Å²) >= 11 is 0. The molecule has 2 fully saturated rings. The van der Waals surface area contributed by atoms with E-state index >= 15 is 0 Å². The van der Waals surface area contributed by atoms with Gasteiger partial charge >= 0.3 is 0 Å². The highest BCUT2D eigenvalue weighted by Gasteiger charge is 2.56. The van der Waals surface area contributed by atoms with Crippen molar-refractivity contribution in [1.29, 1.82) is 0 Å². The van der Waals surface area contributed by atoms with Gasteiger partial charge in [-0.3, -0.25) is 4.79 Å². The minimum Gasteiger partial charge on any atom is -1.00 e. The average molecular weight is 485 g/mol. The van der Waals surface area contributed by atoms with Crippen LogP contribution in [-0.4, -0.2) is 50.2 Å². The number of carbonyl (C=O) groups is 1. The van der Waals surface area contributed by atoms with Crippen LogP contribution in [0.25, 0.3) is 0 Å². The molecule has 0 aliphatic carbocycles. The number of hydrogen-bond acceptors (Lipinski definition) is 3. The van der Waals surface area contributed by atoms with Crippen LogP contribution >= 0.6 is 0 Å². The van der Waals surface area contributed by atoms with Gasteiger partial charge in [-0.25, -0.2) is 0 Å². The molecule has 3 aliphatic rings. The largest absolute Gasteiger partial charge is 1.00 e. The Kier molecular flexibility index (Phi) is 7.44. The van der Waals surface area contributed by atoms with Crippen LogP contribution in [0.15, 0.2) is 48.5 Å². The molecule has 2 saturated heterocycles. The summed E-state index contributed by atoms with van der Waals surface area (Å²) in [5.74, 6) is 2.88. The molecule has 1 unspecified atom stereocenters. The smallest absolute Gasteiger partial charge is 0.232 e. The number of halogens is 1. The van der Waals surface area contributed by atoms with Crippen molar-refractivity contribution in [3.63, 3.8) is 0 Å². The van der Waals surface area contributed by atoms with Crippen molar-refractivity contribution >= 4 is 5.91 Å². The number of nitrogens with two attached hydrogens (primary N) is 1. The van der Waals surface area contributed by atoms with Gasteiger partial charge in [-0.15, -0.1) is 0 Å².